The monoisotopic (exact) mass is 446 g/mol. The summed E-state index contributed by atoms with van der Waals surface area (Å²) in [6.07, 6.45) is 1.80. The van der Waals surface area contributed by atoms with Gasteiger partial charge in [-0.15, -0.1) is 0 Å². The van der Waals surface area contributed by atoms with E-state index in [0.29, 0.717) is 13.1 Å². The van der Waals surface area contributed by atoms with Gasteiger partial charge in [0.25, 0.3) is 0 Å². The fraction of sp³-hybridized carbons (Fsp3) is 0.364. The van der Waals surface area contributed by atoms with Crippen molar-refractivity contribution in [3.05, 3.63) is 69.9 Å². The summed E-state index contributed by atoms with van der Waals surface area (Å²) in [6.45, 7) is 3.04. The smallest absolute Gasteiger partial charge is 0.227 e. The minimum absolute atomic E-state index is 0.0250. The summed E-state index contributed by atoms with van der Waals surface area (Å²) < 4.78 is 14.0. The predicted octanol–water partition coefficient (Wildman–Crippen LogP) is 4.25. The Balaban J connectivity index is 1.57. The molecule has 1 N–H and O–H groups in total. The van der Waals surface area contributed by atoms with Crippen LogP contribution in [0.5, 0.6) is 0 Å². The highest BCUT2D eigenvalue weighted by Crippen LogP contribution is 2.24. The first-order chi connectivity index (χ1) is 13.4. The lowest BCUT2D eigenvalue weighted by atomic mass is 9.95. The highest BCUT2D eigenvalue weighted by molar-refractivity contribution is 9.10. The molecule has 0 radical (unpaired) electrons. The van der Waals surface area contributed by atoms with Crippen LogP contribution in [0.2, 0.25) is 0 Å². The molecule has 2 amide bonds. The molecule has 1 aliphatic rings. The van der Waals surface area contributed by atoms with E-state index in [2.05, 4.69) is 21.2 Å². The molecule has 3 rings (SSSR count). The molecule has 2 aromatic carbocycles. The number of amides is 2. The molecule has 4 nitrogen and oxygen atoms in total. The third-order valence-electron chi connectivity index (χ3n) is 5.14. The van der Waals surface area contributed by atoms with Gasteiger partial charge in [-0.05, 0) is 49.1 Å². The minimum atomic E-state index is -0.315. The van der Waals surface area contributed by atoms with Crippen molar-refractivity contribution < 1.29 is 14.0 Å². The molecule has 0 aromatic heterocycles. The topological polar surface area (TPSA) is 49.4 Å². The van der Waals surface area contributed by atoms with Crippen molar-refractivity contribution in [2.24, 2.45) is 5.92 Å². The van der Waals surface area contributed by atoms with Gasteiger partial charge in [-0.25, -0.2) is 4.39 Å². The van der Waals surface area contributed by atoms with Gasteiger partial charge in [0.05, 0.1) is 18.4 Å². The van der Waals surface area contributed by atoms with Crippen LogP contribution >= 0.6 is 15.9 Å². The van der Waals surface area contributed by atoms with Crippen LogP contribution in [0.25, 0.3) is 0 Å². The average molecular weight is 447 g/mol. The van der Waals surface area contributed by atoms with Crippen LogP contribution in [-0.4, -0.2) is 29.8 Å². The number of benzene rings is 2. The van der Waals surface area contributed by atoms with Gasteiger partial charge in [0.15, 0.2) is 0 Å². The second kappa shape index (κ2) is 9.32. The molecule has 0 saturated carbocycles. The van der Waals surface area contributed by atoms with Crippen molar-refractivity contribution in [1.82, 2.24) is 10.2 Å². The highest BCUT2D eigenvalue weighted by atomic mass is 79.9. The molecule has 0 spiro atoms. The summed E-state index contributed by atoms with van der Waals surface area (Å²) in [6, 6.07) is 13.7. The van der Waals surface area contributed by atoms with Crippen LogP contribution in [0.4, 0.5) is 4.39 Å². The lowest BCUT2D eigenvalue weighted by Crippen LogP contribution is -2.46. The zero-order chi connectivity index (χ0) is 20.1. The number of rotatable bonds is 5. The Kier molecular flexibility index (Phi) is 6.83. The molecule has 0 aliphatic carbocycles. The van der Waals surface area contributed by atoms with E-state index in [9.17, 15) is 14.0 Å². The number of nitrogens with zero attached hydrogens (tertiary/aromatic N) is 1. The van der Waals surface area contributed by atoms with Crippen molar-refractivity contribution in [3.8, 4) is 0 Å². The zero-order valence-electron chi connectivity index (χ0n) is 15.8. The standard InChI is InChI=1S/C22H24BrFN2O2/c1-15(19-6-2-3-7-20(19)23)25-22(28)17-5-4-12-26(14-17)21(27)13-16-8-10-18(24)11-9-16/h2-3,6-11,15,17H,4-5,12-14H2,1H3,(H,25,28). The third kappa shape index (κ3) is 5.19. The van der Waals surface area contributed by atoms with E-state index in [-0.39, 0.29) is 36.0 Å². The molecule has 2 aromatic rings. The van der Waals surface area contributed by atoms with Crippen molar-refractivity contribution in [3.63, 3.8) is 0 Å². The Hall–Kier alpha value is -2.21. The van der Waals surface area contributed by atoms with E-state index >= 15 is 0 Å². The van der Waals surface area contributed by atoms with Crippen molar-refractivity contribution in [2.75, 3.05) is 13.1 Å². The van der Waals surface area contributed by atoms with Gasteiger partial charge in [-0.2, -0.15) is 0 Å². The van der Waals surface area contributed by atoms with E-state index in [1.807, 2.05) is 31.2 Å². The number of halogens is 2. The van der Waals surface area contributed by atoms with E-state index in [1.54, 1.807) is 17.0 Å². The third-order valence-corrected chi connectivity index (χ3v) is 5.87. The number of nitrogens with one attached hydrogen (secondary N) is 1. The van der Waals surface area contributed by atoms with Gasteiger partial charge in [0.1, 0.15) is 5.82 Å². The zero-order valence-corrected chi connectivity index (χ0v) is 17.4. The average Bonchev–Trinajstić information content (AvgIpc) is 2.70. The van der Waals surface area contributed by atoms with E-state index in [0.717, 1.165) is 28.4 Å². The van der Waals surface area contributed by atoms with Gasteiger partial charge in [0.2, 0.25) is 11.8 Å². The first-order valence-electron chi connectivity index (χ1n) is 9.51. The van der Waals surface area contributed by atoms with Gasteiger partial charge in [0, 0.05) is 17.6 Å². The predicted molar refractivity (Wildman–Crippen MR) is 110 cm³/mol. The lowest BCUT2D eigenvalue weighted by Gasteiger charge is -2.33. The Morgan fingerprint density at radius 3 is 2.64 bits per heavy atom. The molecule has 0 bridgehead atoms. The highest BCUT2D eigenvalue weighted by Gasteiger charge is 2.29. The second-order valence-corrected chi connectivity index (χ2v) is 8.09. The Labute approximate surface area is 173 Å². The minimum Gasteiger partial charge on any atom is -0.349 e. The molecule has 28 heavy (non-hydrogen) atoms. The fourth-order valence-electron chi connectivity index (χ4n) is 3.54. The van der Waals surface area contributed by atoms with Crippen LogP contribution in [0.3, 0.4) is 0 Å². The summed E-state index contributed by atoms with van der Waals surface area (Å²) in [5.41, 5.74) is 1.80. The maximum atomic E-state index is 13.0. The van der Waals surface area contributed by atoms with Gasteiger partial charge >= 0.3 is 0 Å². The first kappa shape index (κ1) is 20.5. The van der Waals surface area contributed by atoms with Gasteiger partial charge in [-0.1, -0.05) is 46.3 Å². The number of hydrogen-bond acceptors (Lipinski definition) is 2. The van der Waals surface area contributed by atoms with E-state index in [1.165, 1.54) is 12.1 Å². The molecule has 1 fully saturated rings. The van der Waals surface area contributed by atoms with Gasteiger partial charge < -0.3 is 10.2 Å². The molecule has 1 aliphatic heterocycles. The van der Waals surface area contributed by atoms with Crippen molar-refractivity contribution in [2.45, 2.75) is 32.2 Å². The summed E-state index contributed by atoms with van der Waals surface area (Å²) in [7, 11) is 0. The Bertz CT molecular complexity index is 841. The molecule has 2 unspecified atom stereocenters. The molecule has 148 valence electrons. The quantitative estimate of drug-likeness (QED) is 0.746. The maximum absolute atomic E-state index is 13.0. The molecular weight excluding hydrogens is 423 g/mol. The summed E-state index contributed by atoms with van der Waals surface area (Å²) >= 11 is 3.52. The summed E-state index contributed by atoms with van der Waals surface area (Å²) in [5, 5.41) is 3.07. The number of carbonyl (C=O) groups excluding carboxylic acids is 2. The van der Waals surface area contributed by atoms with Crippen LogP contribution in [0.1, 0.15) is 36.9 Å². The summed E-state index contributed by atoms with van der Waals surface area (Å²) in [5.74, 6) is -0.577. The first-order valence-corrected chi connectivity index (χ1v) is 10.3. The van der Waals surface area contributed by atoms with E-state index in [4.69, 9.17) is 0 Å². The van der Waals surface area contributed by atoms with E-state index < -0.39 is 0 Å². The maximum Gasteiger partial charge on any atom is 0.227 e. The van der Waals surface area contributed by atoms with Crippen LogP contribution in [0.15, 0.2) is 53.0 Å². The molecular formula is C22H24BrFN2O2. The number of carbonyl (C=O) groups is 2. The van der Waals surface area contributed by atoms with Crippen LogP contribution < -0.4 is 5.32 Å². The van der Waals surface area contributed by atoms with Crippen LogP contribution in [-0.2, 0) is 16.0 Å². The fourth-order valence-corrected chi connectivity index (χ4v) is 4.17. The molecule has 2 atom stereocenters. The normalized spacial score (nSPS) is 17.8. The number of likely N-dealkylation sites (tertiary alicyclic amines) is 1. The SMILES string of the molecule is CC(NC(=O)C1CCCN(C(=O)Cc2ccc(F)cc2)C1)c1ccccc1Br. The summed E-state index contributed by atoms with van der Waals surface area (Å²) in [4.78, 5) is 27.1. The lowest BCUT2D eigenvalue weighted by molar-refractivity contribution is -0.135. The second-order valence-electron chi connectivity index (χ2n) is 7.23. The molecule has 1 heterocycles. The van der Waals surface area contributed by atoms with Crippen molar-refractivity contribution in [1.29, 1.82) is 0 Å². The molecule has 1 saturated heterocycles. The number of hydrogen-bond donors (Lipinski definition) is 1. The van der Waals surface area contributed by atoms with Crippen molar-refractivity contribution >= 4 is 27.7 Å². The van der Waals surface area contributed by atoms with Crippen LogP contribution in [0, 0.1) is 11.7 Å². The largest absolute Gasteiger partial charge is 0.349 e. The van der Waals surface area contributed by atoms with Gasteiger partial charge in [-0.3, -0.25) is 9.59 Å². The Morgan fingerprint density at radius 2 is 1.93 bits per heavy atom. The molecule has 6 heteroatoms. The Morgan fingerprint density at radius 1 is 1.21 bits per heavy atom. The number of piperidine rings is 1.